The predicted octanol–water partition coefficient (Wildman–Crippen LogP) is 1.72. The van der Waals surface area contributed by atoms with E-state index in [0.717, 1.165) is 0 Å². The van der Waals surface area contributed by atoms with Crippen molar-refractivity contribution in [3.63, 3.8) is 0 Å². The molecule has 2 amide bonds. The number of pyridine rings is 2. The quantitative estimate of drug-likeness (QED) is 0.656. The molecule has 3 aromatic rings. The number of aromatic nitrogens is 4. The van der Waals surface area contributed by atoms with E-state index >= 15 is 0 Å². The maximum Gasteiger partial charge on any atom is 0.272 e. The van der Waals surface area contributed by atoms with Crippen LogP contribution in [0.4, 0.5) is 0 Å². The van der Waals surface area contributed by atoms with Gasteiger partial charge in [-0.1, -0.05) is 0 Å². The van der Waals surface area contributed by atoms with E-state index in [1.807, 2.05) is 26.8 Å². The number of nitrogens with zero attached hydrogens (tertiary/aromatic N) is 4. The van der Waals surface area contributed by atoms with Crippen LogP contribution < -0.4 is 15.8 Å². The van der Waals surface area contributed by atoms with Crippen LogP contribution in [-0.2, 0) is 4.79 Å². The summed E-state index contributed by atoms with van der Waals surface area (Å²) in [5, 5.41) is 7.36. The number of carbonyl (C=O) groups is 2. The molecule has 0 spiro atoms. The molecule has 0 fully saturated rings. The largest absolute Gasteiger partial charge is 0.482 e. The van der Waals surface area contributed by atoms with E-state index in [1.54, 1.807) is 41.3 Å². The van der Waals surface area contributed by atoms with Gasteiger partial charge in [0.05, 0.1) is 29.5 Å². The summed E-state index contributed by atoms with van der Waals surface area (Å²) in [7, 11) is 0. The molecule has 0 atom stereocenters. The number of nitrogens with two attached hydrogens (primary N) is 1. The van der Waals surface area contributed by atoms with Crippen molar-refractivity contribution < 1.29 is 14.3 Å². The van der Waals surface area contributed by atoms with Crippen LogP contribution in [0.25, 0.3) is 17.1 Å². The SMILES string of the molecule is CC(C)(C)NC(=O)c1cc(-c2ccc(OCC(N)=O)cn2)n(-c2cccnc2)n1. The normalized spacial score (nSPS) is 11.1. The Hall–Kier alpha value is -3.75. The van der Waals surface area contributed by atoms with Crippen molar-refractivity contribution in [2.45, 2.75) is 26.3 Å². The lowest BCUT2D eigenvalue weighted by molar-refractivity contribution is -0.119. The van der Waals surface area contributed by atoms with Gasteiger partial charge < -0.3 is 15.8 Å². The summed E-state index contributed by atoms with van der Waals surface area (Å²) in [6, 6.07) is 8.66. The minimum atomic E-state index is -0.571. The van der Waals surface area contributed by atoms with Crippen molar-refractivity contribution in [2.75, 3.05) is 6.61 Å². The number of hydrogen-bond acceptors (Lipinski definition) is 6. The zero-order valence-electron chi connectivity index (χ0n) is 16.4. The summed E-state index contributed by atoms with van der Waals surface area (Å²) in [6.45, 7) is 5.47. The average molecular weight is 394 g/mol. The van der Waals surface area contributed by atoms with E-state index in [0.29, 0.717) is 22.8 Å². The molecule has 0 aliphatic carbocycles. The van der Waals surface area contributed by atoms with Gasteiger partial charge in [-0.15, -0.1) is 0 Å². The fourth-order valence-corrected chi connectivity index (χ4v) is 2.53. The molecule has 0 bridgehead atoms. The zero-order valence-corrected chi connectivity index (χ0v) is 16.4. The minimum absolute atomic E-state index is 0.230. The highest BCUT2D eigenvalue weighted by molar-refractivity contribution is 5.94. The first-order valence-corrected chi connectivity index (χ1v) is 8.93. The number of hydrogen-bond donors (Lipinski definition) is 2. The first-order chi connectivity index (χ1) is 13.7. The molecule has 0 aliphatic heterocycles. The molecule has 3 heterocycles. The molecule has 0 unspecified atom stereocenters. The van der Waals surface area contributed by atoms with E-state index in [9.17, 15) is 9.59 Å². The second-order valence-electron chi connectivity index (χ2n) is 7.38. The maximum absolute atomic E-state index is 12.6. The Labute approximate surface area is 167 Å². The van der Waals surface area contributed by atoms with Gasteiger partial charge in [0.2, 0.25) is 0 Å². The highest BCUT2D eigenvalue weighted by Crippen LogP contribution is 2.24. The van der Waals surface area contributed by atoms with E-state index in [2.05, 4.69) is 20.4 Å². The van der Waals surface area contributed by atoms with Crippen LogP contribution in [0, 0.1) is 0 Å². The molecule has 9 heteroatoms. The van der Waals surface area contributed by atoms with Crippen molar-refractivity contribution in [3.8, 4) is 22.8 Å². The third-order valence-corrected chi connectivity index (χ3v) is 3.70. The second kappa shape index (κ2) is 8.09. The lowest BCUT2D eigenvalue weighted by Crippen LogP contribution is -2.40. The van der Waals surface area contributed by atoms with Gasteiger partial charge in [0.1, 0.15) is 5.75 Å². The van der Waals surface area contributed by atoms with E-state index < -0.39 is 11.4 Å². The Balaban J connectivity index is 1.98. The molecule has 0 saturated carbocycles. The summed E-state index contributed by atoms with van der Waals surface area (Å²) in [4.78, 5) is 31.9. The Morgan fingerprint density at radius 3 is 2.59 bits per heavy atom. The zero-order chi connectivity index (χ0) is 21.0. The molecule has 0 aromatic carbocycles. The van der Waals surface area contributed by atoms with E-state index in [-0.39, 0.29) is 18.2 Å². The van der Waals surface area contributed by atoms with Gasteiger partial charge in [0.15, 0.2) is 12.3 Å². The Morgan fingerprint density at radius 2 is 2.00 bits per heavy atom. The van der Waals surface area contributed by atoms with Crippen molar-refractivity contribution in [1.29, 1.82) is 0 Å². The molecular formula is C20H22N6O3. The lowest BCUT2D eigenvalue weighted by Gasteiger charge is -2.19. The molecule has 9 nitrogen and oxygen atoms in total. The number of nitrogens with one attached hydrogen (secondary N) is 1. The van der Waals surface area contributed by atoms with Crippen molar-refractivity contribution in [1.82, 2.24) is 25.1 Å². The van der Waals surface area contributed by atoms with Crippen LogP contribution in [-0.4, -0.2) is 43.7 Å². The number of primary amides is 1. The molecule has 3 aromatic heterocycles. The Bertz CT molecular complexity index is 1010. The van der Waals surface area contributed by atoms with E-state index in [1.165, 1.54) is 6.20 Å². The molecule has 3 N–H and O–H groups in total. The Morgan fingerprint density at radius 1 is 1.21 bits per heavy atom. The highest BCUT2D eigenvalue weighted by atomic mass is 16.5. The van der Waals surface area contributed by atoms with Crippen molar-refractivity contribution in [3.05, 3.63) is 54.6 Å². The number of carbonyl (C=O) groups excluding carboxylic acids is 2. The molecule has 3 rings (SSSR count). The maximum atomic E-state index is 12.6. The molecule has 29 heavy (non-hydrogen) atoms. The summed E-state index contributed by atoms with van der Waals surface area (Å²) in [6.07, 6.45) is 4.78. The molecule has 0 radical (unpaired) electrons. The Kier molecular flexibility index (Phi) is 5.58. The topological polar surface area (TPSA) is 125 Å². The summed E-state index contributed by atoms with van der Waals surface area (Å²) >= 11 is 0. The number of ether oxygens (including phenoxy) is 1. The lowest BCUT2D eigenvalue weighted by atomic mass is 10.1. The fourth-order valence-electron chi connectivity index (χ4n) is 2.53. The van der Waals surface area contributed by atoms with Crippen LogP contribution in [0.5, 0.6) is 5.75 Å². The van der Waals surface area contributed by atoms with Gasteiger partial charge in [0.25, 0.3) is 11.8 Å². The van der Waals surface area contributed by atoms with Gasteiger partial charge in [-0.2, -0.15) is 5.10 Å². The molecular weight excluding hydrogens is 372 g/mol. The van der Waals surface area contributed by atoms with Crippen LogP contribution in [0.15, 0.2) is 48.9 Å². The van der Waals surface area contributed by atoms with Crippen molar-refractivity contribution >= 4 is 11.8 Å². The number of amides is 2. The third kappa shape index (κ3) is 5.16. The van der Waals surface area contributed by atoms with Crippen molar-refractivity contribution in [2.24, 2.45) is 5.73 Å². The molecule has 0 aliphatic rings. The first-order valence-electron chi connectivity index (χ1n) is 8.93. The summed E-state index contributed by atoms with van der Waals surface area (Å²) in [5.74, 6) is -0.452. The van der Waals surface area contributed by atoms with Crippen LogP contribution in [0.2, 0.25) is 0 Å². The second-order valence-corrected chi connectivity index (χ2v) is 7.38. The van der Waals surface area contributed by atoms with Gasteiger partial charge in [-0.05, 0) is 51.1 Å². The third-order valence-electron chi connectivity index (χ3n) is 3.70. The molecule has 0 saturated heterocycles. The minimum Gasteiger partial charge on any atom is -0.482 e. The van der Waals surface area contributed by atoms with Crippen LogP contribution >= 0.6 is 0 Å². The predicted molar refractivity (Wildman–Crippen MR) is 106 cm³/mol. The monoisotopic (exact) mass is 394 g/mol. The fraction of sp³-hybridized carbons (Fsp3) is 0.250. The summed E-state index contributed by atoms with van der Waals surface area (Å²) in [5.41, 5.74) is 6.81. The smallest absolute Gasteiger partial charge is 0.272 e. The van der Waals surface area contributed by atoms with Gasteiger partial charge in [0, 0.05) is 11.7 Å². The van der Waals surface area contributed by atoms with E-state index in [4.69, 9.17) is 10.5 Å². The summed E-state index contributed by atoms with van der Waals surface area (Å²) < 4.78 is 6.85. The standard InChI is InChI=1S/C20H22N6O3/c1-20(2,3)24-19(28)16-9-17(26(25-16)13-5-4-8-22-10-13)15-7-6-14(11-23-15)29-12-18(21)27/h4-11H,12H2,1-3H3,(H2,21,27)(H,24,28). The molecule has 150 valence electrons. The highest BCUT2D eigenvalue weighted by Gasteiger charge is 2.21. The first kappa shape index (κ1) is 20.0. The van der Waals surface area contributed by atoms with Gasteiger partial charge in [-0.3, -0.25) is 19.6 Å². The van der Waals surface area contributed by atoms with Crippen LogP contribution in [0.3, 0.4) is 0 Å². The average Bonchev–Trinajstić information content (AvgIpc) is 3.12. The van der Waals surface area contributed by atoms with Gasteiger partial charge in [-0.25, -0.2) is 4.68 Å². The van der Waals surface area contributed by atoms with Gasteiger partial charge >= 0.3 is 0 Å². The number of rotatable bonds is 6. The van der Waals surface area contributed by atoms with Crippen LogP contribution in [0.1, 0.15) is 31.3 Å².